The van der Waals surface area contributed by atoms with Crippen molar-refractivity contribution in [3.05, 3.63) is 119 Å². The van der Waals surface area contributed by atoms with Gasteiger partial charge in [0.1, 0.15) is 5.75 Å². The lowest BCUT2D eigenvalue weighted by atomic mass is 9.99. The van der Waals surface area contributed by atoms with Crippen LogP contribution in [0, 0.1) is 0 Å². The number of carbonyl (C=O) groups is 2. The Morgan fingerprint density at radius 1 is 0.980 bits per heavy atom. The molecule has 5 rings (SSSR count). The summed E-state index contributed by atoms with van der Waals surface area (Å²) in [5, 5.41) is 17.3. The molecular weight excluding hydrogens is 685 g/mol. The molecule has 4 aromatic carbocycles. The van der Waals surface area contributed by atoms with Crippen LogP contribution in [0.4, 0.5) is 30.2 Å². The molecule has 0 saturated carbocycles. The van der Waals surface area contributed by atoms with Crippen LogP contribution in [0.2, 0.25) is 0 Å². The lowest BCUT2D eigenvalue weighted by molar-refractivity contribution is -0.137. The number of anilines is 3. The number of nitrogens with zero attached hydrogens (tertiary/aromatic N) is 2. The van der Waals surface area contributed by atoms with Gasteiger partial charge in [0.05, 0.1) is 53.7 Å². The second-order valence-corrected chi connectivity index (χ2v) is 14.0. The highest BCUT2D eigenvalue weighted by Gasteiger charge is 2.34. The van der Waals surface area contributed by atoms with Crippen LogP contribution in [0.5, 0.6) is 5.75 Å². The number of methoxy groups -OCH3 is 1. The first-order valence-corrected chi connectivity index (χ1v) is 18.1. The molecule has 10 nitrogen and oxygen atoms in total. The maximum Gasteiger partial charge on any atom is 0.416 e. The highest BCUT2D eigenvalue weighted by atomic mass is 32.2. The van der Waals surface area contributed by atoms with E-state index in [1.807, 2.05) is 30.3 Å². The summed E-state index contributed by atoms with van der Waals surface area (Å²) in [5.74, 6) is -0.549. The van der Waals surface area contributed by atoms with Crippen molar-refractivity contribution in [2.75, 3.05) is 35.7 Å². The summed E-state index contributed by atoms with van der Waals surface area (Å²) in [5.41, 5.74) is 0.798. The van der Waals surface area contributed by atoms with Crippen molar-refractivity contribution in [2.24, 2.45) is 0 Å². The number of carbonyl (C=O) groups excluding carboxylic acids is 2. The van der Waals surface area contributed by atoms with Crippen molar-refractivity contribution < 1.29 is 41.0 Å². The number of hydrogen-bond donors (Lipinski definition) is 3. The number of rotatable bonds is 14. The number of amides is 2. The fourth-order valence-corrected chi connectivity index (χ4v) is 7.06. The first kappa shape index (κ1) is 37.3. The minimum Gasteiger partial charge on any atom is -0.497 e. The average Bonchev–Trinajstić information content (AvgIpc) is 3.52. The zero-order valence-corrected chi connectivity index (χ0v) is 28.9. The quantitative estimate of drug-likeness (QED) is 0.158. The molecule has 51 heavy (non-hydrogen) atoms. The maximum absolute atomic E-state index is 14.2. The molecule has 0 spiro atoms. The summed E-state index contributed by atoms with van der Waals surface area (Å²) < 4.78 is 72.8. The van der Waals surface area contributed by atoms with Crippen molar-refractivity contribution in [1.29, 1.82) is 0 Å². The molecule has 0 unspecified atom stereocenters. The van der Waals surface area contributed by atoms with Gasteiger partial charge in [-0.15, -0.1) is 0 Å². The summed E-state index contributed by atoms with van der Waals surface area (Å²) in [4.78, 5) is 28.8. The molecule has 1 heterocycles. The predicted molar refractivity (Wildman–Crippen MR) is 189 cm³/mol. The van der Waals surface area contributed by atoms with Crippen LogP contribution < -0.4 is 24.6 Å². The molecule has 1 aliphatic heterocycles. The fourth-order valence-electron chi connectivity index (χ4n) is 6.05. The van der Waals surface area contributed by atoms with Crippen LogP contribution in [-0.2, 0) is 34.0 Å². The number of alkyl halides is 3. The highest BCUT2D eigenvalue weighted by molar-refractivity contribution is 7.92. The van der Waals surface area contributed by atoms with E-state index >= 15 is 0 Å². The van der Waals surface area contributed by atoms with E-state index in [2.05, 4.69) is 10.6 Å². The highest BCUT2D eigenvalue weighted by Crippen LogP contribution is 2.41. The van der Waals surface area contributed by atoms with Crippen molar-refractivity contribution >= 4 is 38.9 Å². The van der Waals surface area contributed by atoms with Gasteiger partial charge >= 0.3 is 6.18 Å². The molecule has 3 N–H and O–H groups in total. The van der Waals surface area contributed by atoms with E-state index in [0.717, 1.165) is 28.3 Å². The third-order valence-electron chi connectivity index (χ3n) is 8.46. The van der Waals surface area contributed by atoms with E-state index in [4.69, 9.17) is 4.74 Å². The Morgan fingerprint density at radius 2 is 1.69 bits per heavy atom. The Hall–Kier alpha value is -4.92. The molecule has 2 amide bonds. The SMILES string of the molecule is COc1cccc(N(c2cccc(C(=O)N[C@@H](Cc3ccccc3)[C@H](O)CNCc3cccc(C(F)(F)F)c3)c2N2CCCC2=O)S(C)(=O)=O)c1. The second kappa shape index (κ2) is 16.0. The van der Waals surface area contributed by atoms with Gasteiger partial charge in [0.25, 0.3) is 5.91 Å². The third-order valence-corrected chi connectivity index (χ3v) is 9.53. The Kier molecular flexibility index (Phi) is 11.7. The zero-order valence-electron chi connectivity index (χ0n) is 28.1. The first-order valence-electron chi connectivity index (χ1n) is 16.2. The van der Waals surface area contributed by atoms with Gasteiger partial charge in [0.15, 0.2) is 0 Å². The molecule has 1 aliphatic rings. The van der Waals surface area contributed by atoms with Crippen LogP contribution in [0.1, 0.15) is 39.9 Å². The van der Waals surface area contributed by atoms with Gasteiger partial charge in [-0.05, 0) is 54.3 Å². The molecule has 4 aromatic rings. The van der Waals surface area contributed by atoms with E-state index in [1.54, 1.807) is 18.2 Å². The summed E-state index contributed by atoms with van der Waals surface area (Å²) in [7, 11) is -2.58. The third kappa shape index (κ3) is 9.25. The van der Waals surface area contributed by atoms with Gasteiger partial charge in [-0.1, -0.05) is 60.7 Å². The van der Waals surface area contributed by atoms with E-state index in [0.29, 0.717) is 17.7 Å². The minimum atomic E-state index is -4.50. The molecule has 14 heteroatoms. The number of halogens is 3. The molecule has 270 valence electrons. The fraction of sp³-hybridized carbons (Fsp3) is 0.297. The van der Waals surface area contributed by atoms with Crippen molar-refractivity contribution in [2.45, 2.75) is 44.1 Å². The Bertz CT molecular complexity index is 1960. The number of ether oxygens (including phenoxy) is 1. The van der Waals surface area contributed by atoms with Crippen LogP contribution in [0.25, 0.3) is 0 Å². The van der Waals surface area contributed by atoms with Gasteiger partial charge in [-0.3, -0.25) is 9.59 Å². The van der Waals surface area contributed by atoms with Crippen LogP contribution in [0.3, 0.4) is 0 Å². The van der Waals surface area contributed by atoms with Crippen molar-refractivity contribution in [1.82, 2.24) is 10.6 Å². The van der Waals surface area contributed by atoms with Gasteiger partial charge in [-0.25, -0.2) is 12.7 Å². The van der Waals surface area contributed by atoms with Gasteiger partial charge in [0, 0.05) is 32.1 Å². The number of aliphatic hydroxyl groups is 1. The topological polar surface area (TPSA) is 128 Å². The molecule has 2 atom stereocenters. The molecule has 0 radical (unpaired) electrons. The van der Waals surface area contributed by atoms with Gasteiger partial charge < -0.3 is 25.4 Å². The number of hydrogen-bond acceptors (Lipinski definition) is 7. The number of para-hydroxylation sites is 1. The van der Waals surface area contributed by atoms with Crippen LogP contribution >= 0.6 is 0 Å². The number of sulfonamides is 1. The summed E-state index contributed by atoms with van der Waals surface area (Å²) in [6.45, 7) is 0.201. The predicted octanol–water partition coefficient (Wildman–Crippen LogP) is 5.43. The van der Waals surface area contributed by atoms with Crippen molar-refractivity contribution in [3.8, 4) is 5.75 Å². The Labute approximate surface area is 294 Å². The smallest absolute Gasteiger partial charge is 0.416 e. The zero-order chi connectivity index (χ0) is 36.8. The normalized spacial score (nSPS) is 14.6. The molecule has 0 aromatic heterocycles. The second-order valence-electron chi connectivity index (χ2n) is 12.2. The summed E-state index contributed by atoms with van der Waals surface area (Å²) >= 11 is 0. The van der Waals surface area contributed by atoms with E-state index < -0.39 is 39.8 Å². The number of nitrogens with one attached hydrogen (secondary N) is 2. The van der Waals surface area contributed by atoms with E-state index in [-0.39, 0.29) is 61.0 Å². The monoisotopic (exact) mass is 724 g/mol. The lowest BCUT2D eigenvalue weighted by Crippen LogP contribution is -2.49. The molecular formula is C37H39F3N4O6S. The number of benzene rings is 4. The largest absolute Gasteiger partial charge is 0.497 e. The summed E-state index contributed by atoms with van der Waals surface area (Å²) in [6, 6.07) is 24.0. The molecule has 0 aliphatic carbocycles. The Balaban J connectivity index is 1.48. The van der Waals surface area contributed by atoms with Gasteiger partial charge in [-0.2, -0.15) is 13.2 Å². The lowest BCUT2D eigenvalue weighted by Gasteiger charge is -2.31. The van der Waals surface area contributed by atoms with E-state index in [9.17, 15) is 36.3 Å². The molecule has 1 fully saturated rings. The molecule has 1 saturated heterocycles. The Morgan fingerprint density at radius 3 is 2.35 bits per heavy atom. The van der Waals surface area contributed by atoms with Crippen molar-refractivity contribution in [3.63, 3.8) is 0 Å². The molecule has 0 bridgehead atoms. The minimum absolute atomic E-state index is 0.0153. The van der Waals surface area contributed by atoms with Gasteiger partial charge in [0.2, 0.25) is 15.9 Å². The van der Waals surface area contributed by atoms with Crippen LogP contribution in [-0.4, -0.2) is 63.9 Å². The average molecular weight is 725 g/mol. The van der Waals surface area contributed by atoms with Crippen LogP contribution in [0.15, 0.2) is 97.1 Å². The first-order chi connectivity index (χ1) is 24.3. The maximum atomic E-state index is 14.2. The summed E-state index contributed by atoms with van der Waals surface area (Å²) in [6.07, 6.45) is -3.78. The standard InChI is InChI=1S/C37H39F3N4O6S/c1-50-29-15-7-14-28(22-29)44(51(2,48)49)32-17-8-16-30(35(32)43-19-9-18-34(43)46)36(47)42-31(21-25-10-4-3-5-11-25)33(45)24-41-23-26-12-6-13-27(20-26)37(38,39)40/h3-8,10-17,20,22,31,33,41,45H,9,18-19,21,23-24H2,1-2H3,(H,42,47)/t31-,33+/m0/s1. The van der Waals surface area contributed by atoms with E-state index in [1.165, 1.54) is 48.4 Å². The number of aliphatic hydroxyl groups excluding tert-OH is 1.